The van der Waals surface area contributed by atoms with Crippen LogP contribution >= 0.6 is 0 Å². The first kappa shape index (κ1) is 17.7. The minimum absolute atomic E-state index is 0.305. The van der Waals surface area contributed by atoms with Crippen molar-refractivity contribution < 1.29 is 14.3 Å². The van der Waals surface area contributed by atoms with Crippen molar-refractivity contribution in [1.29, 1.82) is 0 Å². The van der Waals surface area contributed by atoms with Crippen molar-refractivity contribution in [2.75, 3.05) is 23.9 Å². The molecule has 140 valence electrons. The molecule has 3 aromatic rings. The second kappa shape index (κ2) is 7.52. The summed E-state index contributed by atoms with van der Waals surface area (Å²) in [6.07, 6.45) is 2.62. The van der Waals surface area contributed by atoms with Crippen LogP contribution in [0.3, 0.4) is 0 Å². The summed E-state index contributed by atoms with van der Waals surface area (Å²) in [7, 11) is 1.33. The molecule has 0 radical (unpaired) electrons. The van der Waals surface area contributed by atoms with E-state index in [0.717, 1.165) is 18.7 Å². The highest BCUT2D eigenvalue weighted by molar-refractivity contribution is 6.03. The largest absolute Gasteiger partial charge is 0.465 e. The molecular weight excluding hydrogens is 354 g/mol. The summed E-state index contributed by atoms with van der Waals surface area (Å²) < 4.78 is 4.67. The Hall–Kier alpha value is -3.67. The Labute approximate surface area is 162 Å². The zero-order valence-electron chi connectivity index (χ0n) is 15.4. The van der Waals surface area contributed by atoms with Crippen molar-refractivity contribution >= 4 is 28.9 Å². The second-order valence-electron chi connectivity index (χ2n) is 6.45. The molecule has 0 unspecified atom stereocenters. The van der Waals surface area contributed by atoms with Gasteiger partial charge in [-0.15, -0.1) is 0 Å². The summed E-state index contributed by atoms with van der Waals surface area (Å²) in [6.45, 7) is 0.874. The van der Waals surface area contributed by atoms with E-state index in [9.17, 15) is 9.59 Å². The first-order valence-electron chi connectivity index (χ1n) is 8.97. The number of anilines is 3. The molecule has 2 heterocycles. The first-order chi connectivity index (χ1) is 13.7. The standard InChI is InChI=1S/C22H19N3O3/c1-28-22(27)16-6-8-17(9-7-16)24-21(26)19-14-18(10-12-23-19)25-13-11-15-4-2-3-5-20(15)25/h2-10,12,14H,11,13H2,1H3,(H,24,26). The third-order valence-electron chi connectivity index (χ3n) is 4.74. The SMILES string of the molecule is COC(=O)c1ccc(NC(=O)c2cc(N3CCc4ccccc43)ccn2)cc1. The fourth-order valence-electron chi connectivity index (χ4n) is 3.32. The molecule has 28 heavy (non-hydrogen) atoms. The summed E-state index contributed by atoms with van der Waals surface area (Å²) >= 11 is 0. The number of ether oxygens (including phenoxy) is 1. The highest BCUT2D eigenvalue weighted by Crippen LogP contribution is 2.34. The van der Waals surface area contributed by atoms with E-state index in [1.165, 1.54) is 18.4 Å². The molecule has 0 bridgehead atoms. The van der Waals surface area contributed by atoms with Crippen LogP contribution < -0.4 is 10.2 Å². The summed E-state index contributed by atoms with van der Waals surface area (Å²) in [4.78, 5) is 30.5. The predicted octanol–water partition coefficient (Wildman–Crippen LogP) is 3.81. The number of hydrogen-bond acceptors (Lipinski definition) is 5. The Balaban J connectivity index is 1.52. The number of carbonyl (C=O) groups is 2. The van der Waals surface area contributed by atoms with Crippen LogP contribution in [-0.4, -0.2) is 30.5 Å². The molecule has 1 N–H and O–H groups in total. The van der Waals surface area contributed by atoms with Crippen molar-refractivity contribution in [2.24, 2.45) is 0 Å². The molecule has 2 aromatic carbocycles. The molecule has 6 nitrogen and oxygen atoms in total. The average molecular weight is 373 g/mol. The van der Waals surface area contributed by atoms with E-state index >= 15 is 0 Å². The maximum atomic E-state index is 12.6. The van der Waals surface area contributed by atoms with E-state index in [1.807, 2.05) is 18.2 Å². The van der Waals surface area contributed by atoms with Gasteiger partial charge in [0, 0.05) is 29.8 Å². The number of nitrogens with one attached hydrogen (secondary N) is 1. The van der Waals surface area contributed by atoms with E-state index in [1.54, 1.807) is 36.5 Å². The van der Waals surface area contributed by atoms with Gasteiger partial charge in [-0.2, -0.15) is 0 Å². The fraction of sp³-hybridized carbons (Fsp3) is 0.136. The lowest BCUT2D eigenvalue weighted by molar-refractivity contribution is 0.0600. The van der Waals surface area contributed by atoms with Crippen molar-refractivity contribution in [3.8, 4) is 0 Å². The number of fused-ring (bicyclic) bond motifs is 1. The van der Waals surface area contributed by atoms with Gasteiger partial charge in [-0.05, 0) is 54.4 Å². The van der Waals surface area contributed by atoms with Gasteiger partial charge >= 0.3 is 5.97 Å². The molecule has 4 rings (SSSR count). The van der Waals surface area contributed by atoms with Gasteiger partial charge < -0.3 is 15.0 Å². The zero-order chi connectivity index (χ0) is 19.5. The smallest absolute Gasteiger partial charge is 0.337 e. The maximum absolute atomic E-state index is 12.6. The third kappa shape index (κ3) is 3.44. The van der Waals surface area contributed by atoms with Crippen LogP contribution in [0.25, 0.3) is 0 Å². The number of methoxy groups -OCH3 is 1. The minimum atomic E-state index is -0.418. The number of esters is 1. The molecule has 6 heteroatoms. The van der Waals surface area contributed by atoms with Gasteiger partial charge in [-0.1, -0.05) is 18.2 Å². The number of para-hydroxylation sites is 1. The number of rotatable bonds is 4. The number of aromatic nitrogens is 1. The Bertz CT molecular complexity index is 1030. The van der Waals surface area contributed by atoms with Crippen LogP contribution in [0, 0.1) is 0 Å². The molecule has 0 saturated carbocycles. The predicted molar refractivity (Wildman–Crippen MR) is 107 cm³/mol. The zero-order valence-corrected chi connectivity index (χ0v) is 15.4. The van der Waals surface area contributed by atoms with Crippen LogP contribution in [0.4, 0.5) is 17.1 Å². The van der Waals surface area contributed by atoms with Crippen LogP contribution in [0.2, 0.25) is 0 Å². The molecule has 0 saturated heterocycles. The Morgan fingerprint density at radius 2 is 1.86 bits per heavy atom. The Kier molecular flexibility index (Phi) is 4.76. The van der Waals surface area contributed by atoms with E-state index in [4.69, 9.17) is 0 Å². The van der Waals surface area contributed by atoms with Crippen LogP contribution in [-0.2, 0) is 11.2 Å². The van der Waals surface area contributed by atoms with Crippen molar-refractivity contribution in [1.82, 2.24) is 4.98 Å². The van der Waals surface area contributed by atoms with Crippen molar-refractivity contribution in [3.63, 3.8) is 0 Å². The van der Waals surface area contributed by atoms with Gasteiger partial charge in [0.1, 0.15) is 5.69 Å². The van der Waals surface area contributed by atoms with Gasteiger partial charge in [0.2, 0.25) is 0 Å². The number of amides is 1. The number of hydrogen-bond donors (Lipinski definition) is 1. The van der Waals surface area contributed by atoms with Crippen LogP contribution in [0.5, 0.6) is 0 Å². The quantitative estimate of drug-likeness (QED) is 0.704. The van der Waals surface area contributed by atoms with Crippen LogP contribution in [0.15, 0.2) is 66.9 Å². The number of pyridine rings is 1. The van der Waals surface area contributed by atoms with Crippen molar-refractivity contribution in [3.05, 3.63) is 83.7 Å². The molecule has 0 atom stereocenters. The molecule has 0 aliphatic carbocycles. The molecule has 1 amide bonds. The normalized spacial score (nSPS) is 12.4. The fourth-order valence-corrected chi connectivity index (χ4v) is 3.32. The summed E-state index contributed by atoms with van der Waals surface area (Å²) in [5.74, 6) is -0.724. The highest BCUT2D eigenvalue weighted by atomic mass is 16.5. The lowest BCUT2D eigenvalue weighted by atomic mass is 10.2. The van der Waals surface area contributed by atoms with E-state index in [0.29, 0.717) is 16.9 Å². The maximum Gasteiger partial charge on any atom is 0.337 e. The first-order valence-corrected chi connectivity index (χ1v) is 8.97. The van der Waals surface area contributed by atoms with Gasteiger partial charge in [-0.25, -0.2) is 4.79 Å². The lowest BCUT2D eigenvalue weighted by Gasteiger charge is -2.19. The molecule has 1 aromatic heterocycles. The number of carbonyl (C=O) groups excluding carboxylic acids is 2. The van der Waals surface area contributed by atoms with Gasteiger partial charge in [0.05, 0.1) is 12.7 Å². The summed E-state index contributed by atoms with van der Waals surface area (Å²) in [5, 5.41) is 2.81. The van der Waals surface area contributed by atoms with Crippen LogP contribution in [0.1, 0.15) is 26.4 Å². The van der Waals surface area contributed by atoms with Crippen molar-refractivity contribution in [2.45, 2.75) is 6.42 Å². The second-order valence-corrected chi connectivity index (χ2v) is 6.45. The Morgan fingerprint density at radius 3 is 2.64 bits per heavy atom. The van der Waals surface area contributed by atoms with Gasteiger partial charge in [0.25, 0.3) is 5.91 Å². The Morgan fingerprint density at radius 1 is 1.07 bits per heavy atom. The average Bonchev–Trinajstić information content (AvgIpc) is 3.18. The van der Waals surface area contributed by atoms with E-state index in [-0.39, 0.29) is 5.91 Å². The molecule has 1 aliphatic heterocycles. The number of benzene rings is 2. The summed E-state index contributed by atoms with van der Waals surface area (Å²) in [5.41, 5.74) is 4.74. The molecule has 1 aliphatic rings. The van der Waals surface area contributed by atoms with Gasteiger partial charge in [0.15, 0.2) is 0 Å². The minimum Gasteiger partial charge on any atom is -0.465 e. The summed E-state index contributed by atoms with van der Waals surface area (Å²) in [6, 6.07) is 18.5. The topological polar surface area (TPSA) is 71.5 Å². The molecular formula is C22H19N3O3. The van der Waals surface area contributed by atoms with E-state index < -0.39 is 5.97 Å². The molecule has 0 fully saturated rings. The molecule has 0 spiro atoms. The third-order valence-corrected chi connectivity index (χ3v) is 4.74. The number of nitrogens with zero attached hydrogens (tertiary/aromatic N) is 2. The van der Waals surface area contributed by atoms with Gasteiger partial charge in [-0.3, -0.25) is 9.78 Å². The van der Waals surface area contributed by atoms with E-state index in [2.05, 4.69) is 32.1 Å². The lowest BCUT2D eigenvalue weighted by Crippen LogP contribution is -2.17. The monoisotopic (exact) mass is 373 g/mol. The highest BCUT2D eigenvalue weighted by Gasteiger charge is 2.21.